The van der Waals surface area contributed by atoms with Crippen LogP contribution in [0.1, 0.15) is 13.3 Å². The first kappa shape index (κ1) is 11.3. The van der Waals surface area contributed by atoms with E-state index in [9.17, 15) is 0 Å². The predicted octanol–water partition coefficient (Wildman–Crippen LogP) is 2.05. The Morgan fingerprint density at radius 3 is 3.24 bits per heavy atom. The van der Waals surface area contributed by atoms with Crippen molar-refractivity contribution in [3.63, 3.8) is 0 Å². The monoisotopic (exact) mass is 270 g/mol. The molecule has 1 aliphatic rings. The third kappa shape index (κ3) is 2.12. The molecule has 0 amide bonds. The van der Waals surface area contributed by atoms with Crippen LogP contribution in [0.25, 0.3) is 5.78 Å². The zero-order valence-electron chi connectivity index (χ0n) is 9.21. The van der Waals surface area contributed by atoms with Gasteiger partial charge in [-0.1, -0.05) is 23.4 Å². The summed E-state index contributed by atoms with van der Waals surface area (Å²) in [5, 5.41) is 5.98. The van der Waals surface area contributed by atoms with Crippen molar-refractivity contribution >= 4 is 29.1 Å². The lowest BCUT2D eigenvalue weighted by atomic mass is 10.3. The standard InChI is InChI=1S/C10H11ClN4OS/c1-6-7(2-3-16-6)17-9-4-8(11)14-10-12-5-13-15(9)10/h4-7H,2-3H2,1H3. The molecular formula is C10H11ClN4OS. The Labute approximate surface area is 108 Å². The fraction of sp³-hybridized carbons (Fsp3) is 0.500. The van der Waals surface area contributed by atoms with Gasteiger partial charge in [0.2, 0.25) is 0 Å². The molecule has 3 rings (SSSR count). The van der Waals surface area contributed by atoms with E-state index in [0.717, 1.165) is 18.1 Å². The van der Waals surface area contributed by atoms with Crippen LogP contribution in [0.3, 0.4) is 0 Å². The van der Waals surface area contributed by atoms with Crippen LogP contribution < -0.4 is 0 Å². The van der Waals surface area contributed by atoms with Crippen molar-refractivity contribution in [1.29, 1.82) is 0 Å². The Kier molecular flexibility index (Phi) is 2.94. The number of thioether (sulfide) groups is 1. The van der Waals surface area contributed by atoms with Crippen LogP contribution in [0.15, 0.2) is 17.4 Å². The van der Waals surface area contributed by atoms with Crippen LogP contribution in [0.2, 0.25) is 5.15 Å². The van der Waals surface area contributed by atoms with Gasteiger partial charge in [-0.2, -0.15) is 19.6 Å². The highest BCUT2D eigenvalue weighted by Crippen LogP contribution is 2.33. The highest BCUT2D eigenvalue weighted by Gasteiger charge is 2.26. The minimum atomic E-state index is 0.255. The maximum Gasteiger partial charge on any atom is 0.254 e. The molecule has 0 saturated carbocycles. The van der Waals surface area contributed by atoms with E-state index < -0.39 is 0 Å². The second kappa shape index (κ2) is 4.44. The van der Waals surface area contributed by atoms with Gasteiger partial charge in [0.25, 0.3) is 5.78 Å². The lowest BCUT2D eigenvalue weighted by Crippen LogP contribution is -2.14. The van der Waals surface area contributed by atoms with E-state index in [1.807, 2.05) is 6.07 Å². The highest BCUT2D eigenvalue weighted by atomic mass is 35.5. The summed E-state index contributed by atoms with van der Waals surface area (Å²) in [5.74, 6) is 0.534. The molecule has 0 N–H and O–H groups in total. The Balaban J connectivity index is 1.96. The predicted molar refractivity (Wildman–Crippen MR) is 65.5 cm³/mol. The molecule has 0 bridgehead atoms. The summed E-state index contributed by atoms with van der Waals surface area (Å²) in [4.78, 5) is 8.15. The zero-order valence-corrected chi connectivity index (χ0v) is 10.8. The molecule has 0 radical (unpaired) electrons. The van der Waals surface area contributed by atoms with Crippen LogP contribution in [-0.2, 0) is 4.74 Å². The Morgan fingerprint density at radius 1 is 1.59 bits per heavy atom. The Hall–Kier alpha value is -0.850. The summed E-state index contributed by atoms with van der Waals surface area (Å²) in [6.45, 7) is 2.91. The summed E-state index contributed by atoms with van der Waals surface area (Å²) < 4.78 is 7.26. The molecule has 2 atom stereocenters. The lowest BCUT2D eigenvalue weighted by Gasteiger charge is -2.13. The van der Waals surface area contributed by atoms with Gasteiger partial charge in [-0.25, -0.2) is 0 Å². The topological polar surface area (TPSA) is 52.3 Å². The zero-order chi connectivity index (χ0) is 11.8. The summed E-state index contributed by atoms with van der Waals surface area (Å²) in [6.07, 6.45) is 2.78. The molecular weight excluding hydrogens is 260 g/mol. The average molecular weight is 271 g/mol. The minimum Gasteiger partial charge on any atom is -0.377 e. The van der Waals surface area contributed by atoms with Crippen LogP contribution in [0.5, 0.6) is 0 Å². The van der Waals surface area contributed by atoms with Crippen LogP contribution >= 0.6 is 23.4 Å². The first-order valence-corrected chi connectivity index (χ1v) is 6.64. The smallest absolute Gasteiger partial charge is 0.254 e. The maximum atomic E-state index is 5.97. The number of ether oxygens (including phenoxy) is 1. The van der Waals surface area contributed by atoms with E-state index in [2.05, 4.69) is 22.0 Å². The molecule has 3 heterocycles. The molecule has 0 aromatic carbocycles. The molecule has 1 saturated heterocycles. The van der Waals surface area contributed by atoms with E-state index in [-0.39, 0.29) is 6.10 Å². The molecule has 1 fully saturated rings. The van der Waals surface area contributed by atoms with Gasteiger partial charge < -0.3 is 4.74 Å². The third-order valence-electron chi connectivity index (χ3n) is 2.77. The molecule has 90 valence electrons. The number of rotatable bonds is 2. The maximum absolute atomic E-state index is 5.97. The average Bonchev–Trinajstić information content (AvgIpc) is 2.88. The Morgan fingerprint density at radius 2 is 2.47 bits per heavy atom. The van der Waals surface area contributed by atoms with Gasteiger partial charge in [-0.15, -0.1) is 0 Å². The van der Waals surface area contributed by atoms with E-state index >= 15 is 0 Å². The number of fused-ring (bicyclic) bond motifs is 1. The molecule has 5 nitrogen and oxygen atoms in total. The lowest BCUT2D eigenvalue weighted by molar-refractivity contribution is 0.127. The molecule has 2 aromatic heterocycles. The van der Waals surface area contributed by atoms with E-state index in [1.54, 1.807) is 16.3 Å². The van der Waals surface area contributed by atoms with Gasteiger partial charge in [0.15, 0.2) is 0 Å². The molecule has 17 heavy (non-hydrogen) atoms. The summed E-state index contributed by atoms with van der Waals surface area (Å²) in [7, 11) is 0. The summed E-state index contributed by atoms with van der Waals surface area (Å²) in [6, 6.07) is 1.82. The van der Waals surface area contributed by atoms with Gasteiger partial charge >= 0.3 is 0 Å². The van der Waals surface area contributed by atoms with Crippen molar-refractivity contribution in [3.05, 3.63) is 17.5 Å². The molecule has 0 aliphatic carbocycles. The molecule has 0 spiro atoms. The SMILES string of the molecule is CC1OCCC1Sc1cc(Cl)nc2ncnn12. The Bertz CT molecular complexity index is 546. The largest absolute Gasteiger partial charge is 0.377 e. The fourth-order valence-corrected chi connectivity index (χ4v) is 3.31. The molecule has 1 aliphatic heterocycles. The summed E-state index contributed by atoms with van der Waals surface area (Å²) in [5.41, 5.74) is 0. The molecule has 2 unspecified atom stereocenters. The van der Waals surface area contributed by atoms with Crippen molar-refractivity contribution in [2.24, 2.45) is 0 Å². The van der Waals surface area contributed by atoms with Crippen molar-refractivity contribution in [1.82, 2.24) is 19.6 Å². The second-order valence-electron chi connectivity index (χ2n) is 3.91. The first-order chi connectivity index (χ1) is 8.24. The van der Waals surface area contributed by atoms with E-state index in [1.165, 1.54) is 6.33 Å². The number of hydrogen-bond donors (Lipinski definition) is 0. The van der Waals surface area contributed by atoms with Crippen molar-refractivity contribution in [2.75, 3.05) is 6.61 Å². The van der Waals surface area contributed by atoms with Crippen LogP contribution in [0.4, 0.5) is 0 Å². The minimum absolute atomic E-state index is 0.255. The normalized spacial score (nSPS) is 24.6. The van der Waals surface area contributed by atoms with Crippen molar-refractivity contribution in [2.45, 2.75) is 29.7 Å². The van der Waals surface area contributed by atoms with Crippen LogP contribution in [0, 0.1) is 0 Å². The third-order valence-corrected chi connectivity index (χ3v) is 4.41. The van der Waals surface area contributed by atoms with Gasteiger partial charge in [0, 0.05) is 17.9 Å². The first-order valence-electron chi connectivity index (χ1n) is 5.38. The molecule has 2 aromatic rings. The van der Waals surface area contributed by atoms with E-state index in [0.29, 0.717) is 16.2 Å². The van der Waals surface area contributed by atoms with Gasteiger partial charge in [0.05, 0.1) is 6.10 Å². The number of nitrogens with zero attached hydrogens (tertiary/aromatic N) is 4. The van der Waals surface area contributed by atoms with E-state index in [4.69, 9.17) is 16.3 Å². The quantitative estimate of drug-likeness (QED) is 0.782. The second-order valence-corrected chi connectivity index (χ2v) is 5.56. The number of halogens is 1. The highest BCUT2D eigenvalue weighted by molar-refractivity contribution is 7.99. The number of aromatic nitrogens is 4. The van der Waals surface area contributed by atoms with Crippen molar-refractivity contribution in [3.8, 4) is 0 Å². The number of hydrogen-bond acceptors (Lipinski definition) is 5. The summed E-state index contributed by atoms with van der Waals surface area (Å²) >= 11 is 7.68. The van der Waals surface area contributed by atoms with Crippen LogP contribution in [-0.4, -0.2) is 37.5 Å². The van der Waals surface area contributed by atoms with Gasteiger partial charge in [0.1, 0.15) is 16.5 Å². The molecule has 7 heteroatoms. The van der Waals surface area contributed by atoms with Gasteiger partial charge in [-0.3, -0.25) is 0 Å². The van der Waals surface area contributed by atoms with Crippen molar-refractivity contribution < 1.29 is 4.74 Å². The van der Waals surface area contributed by atoms with Gasteiger partial charge in [-0.05, 0) is 13.3 Å². The fourth-order valence-electron chi connectivity index (χ4n) is 1.86.